The van der Waals surface area contributed by atoms with E-state index in [-0.39, 0.29) is 5.97 Å². The van der Waals surface area contributed by atoms with Gasteiger partial charge in [-0.3, -0.25) is 4.79 Å². The second kappa shape index (κ2) is 30.4. The summed E-state index contributed by atoms with van der Waals surface area (Å²) in [6, 6.07) is 0. The average molecular weight is 485 g/mol. The zero-order chi connectivity index (χ0) is 24.8. The van der Waals surface area contributed by atoms with Crippen LogP contribution in [0.15, 0.2) is 0 Å². The Morgan fingerprint density at radius 1 is 0.412 bits per heavy atom. The summed E-state index contributed by atoms with van der Waals surface area (Å²) in [5.74, 6) is -0.0855. The van der Waals surface area contributed by atoms with E-state index in [4.69, 9.17) is 14.2 Å². The molecule has 0 amide bonds. The molecule has 0 aliphatic rings. The average Bonchev–Trinajstić information content (AvgIpc) is 2.84. The molecule has 34 heavy (non-hydrogen) atoms. The first-order valence-electron chi connectivity index (χ1n) is 15.1. The lowest BCUT2D eigenvalue weighted by Crippen LogP contribution is -2.13. The fourth-order valence-electron chi connectivity index (χ4n) is 4.23. The molecule has 0 rings (SSSR count). The minimum atomic E-state index is -0.0855. The molecule has 0 N–H and O–H groups in total. The van der Waals surface area contributed by atoms with E-state index >= 15 is 0 Å². The first kappa shape index (κ1) is 33.4. The van der Waals surface area contributed by atoms with Crippen LogP contribution in [-0.2, 0) is 19.0 Å². The van der Waals surface area contributed by atoms with Crippen LogP contribution in [0.3, 0.4) is 0 Å². The molecule has 4 nitrogen and oxygen atoms in total. The maximum atomic E-state index is 11.8. The summed E-state index contributed by atoms with van der Waals surface area (Å²) in [7, 11) is 0. The number of unbranched alkanes of at least 4 members (excludes halogenated alkanes) is 19. The molecule has 0 atom stereocenters. The van der Waals surface area contributed by atoms with Crippen LogP contribution in [0, 0.1) is 0 Å². The summed E-state index contributed by atoms with van der Waals surface area (Å²) in [4.78, 5) is 11.8. The molecule has 0 bridgehead atoms. The quantitative estimate of drug-likeness (QED) is 0.0784. The molecule has 4 heteroatoms. The van der Waals surface area contributed by atoms with E-state index in [0.717, 1.165) is 25.9 Å². The number of esters is 1. The van der Waals surface area contributed by atoms with Gasteiger partial charge in [0.2, 0.25) is 0 Å². The van der Waals surface area contributed by atoms with Crippen LogP contribution in [0.5, 0.6) is 0 Å². The van der Waals surface area contributed by atoms with Gasteiger partial charge in [0.05, 0.1) is 19.8 Å². The zero-order valence-corrected chi connectivity index (χ0v) is 23.2. The molecule has 0 aromatic heterocycles. The molecule has 0 saturated carbocycles. The van der Waals surface area contributed by atoms with Gasteiger partial charge >= 0.3 is 5.97 Å². The standard InChI is InChI=1S/C30H60O4/c1-3-5-7-9-11-13-14-15-16-17-18-20-22-24-30(31)34-29-28-33-27-26-32-25-23-21-19-12-10-8-6-4-2/h3-29H2,1-2H3. The van der Waals surface area contributed by atoms with Crippen molar-refractivity contribution in [1.82, 2.24) is 0 Å². The molecule has 0 saturated heterocycles. The van der Waals surface area contributed by atoms with E-state index in [1.807, 2.05) is 0 Å². The highest BCUT2D eigenvalue weighted by atomic mass is 16.6. The Labute approximate surface area is 213 Å². The van der Waals surface area contributed by atoms with Crippen LogP contribution >= 0.6 is 0 Å². The Bertz CT molecular complexity index is 386. The fourth-order valence-corrected chi connectivity index (χ4v) is 4.23. The van der Waals surface area contributed by atoms with Crippen LogP contribution in [-0.4, -0.2) is 39.0 Å². The van der Waals surface area contributed by atoms with Crippen LogP contribution in [0.25, 0.3) is 0 Å². The van der Waals surface area contributed by atoms with Crippen molar-refractivity contribution in [2.24, 2.45) is 0 Å². The third-order valence-electron chi connectivity index (χ3n) is 6.49. The van der Waals surface area contributed by atoms with Crippen LogP contribution in [0.4, 0.5) is 0 Å². The summed E-state index contributed by atoms with van der Waals surface area (Å²) >= 11 is 0. The second-order valence-corrected chi connectivity index (χ2v) is 9.91. The van der Waals surface area contributed by atoms with Gasteiger partial charge in [0, 0.05) is 13.0 Å². The molecule has 0 aromatic carbocycles. The predicted octanol–water partition coefficient (Wildman–Crippen LogP) is 9.18. The molecule has 0 radical (unpaired) electrons. The van der Waals surface area contributed by atoms with E-state index < -0.39 is 0 Å². The SMILES string of the molecule is CCCCCCCCCCCCCCCC(=O)OCCOCCOCCCCCCCCCC. The molecule has 0 spiro atoms. The monoisotopic (exact) mass is 484 g/mol. The lowest BCUT2D eigenvalue weighted by Gasteiger charge is -2.07. The van der Waals surface area contributed by atoms with Crippen LogP contribution in [0.2, 0.25) is 0 Å². The maximum absolute atomic E-state index is 11.8. The lowest BCUT2D eigenvalue weighted by atomic mass is 10.0. The van der Waals surface area contributed by atoms with Gasteiger partial charge in [-0.15, -0.1) is 0 Å². The van der Waals surface area contributed by atoms with Crippen molar-refractivity contribution in [2.75, 3.05) is 33.0 Å². The molecule has 0 heterocycles. The smallest absolute Gasteiger partial charge is 0.305 e. The number of rotatable bonds is 29. The summed E-state index contributed by atoms with van der Waals surface area (Å²) in [6.07, 6.45) is 28.3. The van der Waals surface area contributed by atoms with Gasteiger partial charge in [0.25, 0.3) is 0 Å². The topological polar surface area (TPSA) is 44.8 Å². The highest BCUT2D eigenvalue weighted by Crippen LogP contribution is 2.13. The Kier molecular flexibility index (Phi) is 29.9. The van der Waals surface area contributed by atoms with Crippen molar-refractivity contribution in [2.45, 2.75) is 155 Å². The Morgan fingerprint density at radius 2 is 0.765 bits per heavy atom. The van der Waals surface area contributed by atoms with Crippen molar-refractivity contribution in [3.05, 3.63) is 0 Å². The highest BCUT2D eigenvalue weighted by Gasteiger charge is 2.02. The second-order valence-electron chi connectivity index (χ2n) is 9.91. The van der Waals surface area contributed by atoms with Crippen molar-refractivity contribution in [1.29, 1.82) is 0 Å². The molecule has 204 valence electrons. The number of hydrogen-bond acceptors (Lipinski definition) is 4. The normalized spacial score (nSPS) is 11.2. The predicted molar refractivity (Wildman–Crippen MR) is 146 cm³/mol. The van der Waals surface area contributed by atoms with Gasteiger partial charge in [-0.1, -0.05) is 136 Å². The number of carbonyl (C=O) groups is 1. The van der Waals surface area contributed by atoms with Crippen molar-refractivity contribution in [3.8, 4) is 0 Å². The number of ether oxygens (including phenoxy) is 3. The molecular formula is C30H60O4. The fraction of sp³-hybridized carbons (Fsp3) is 0.967. The maximum Gasteiger partial charge on any atom is 0.305 e. The van der Waals surface area contributed by atoms with E-state index in [0.29, 0.717) is 32.8 Å². The van der Waals surface area contributed by atoms with E-state index in [1.165, 1.54) is 116 Å². The van der Waals surface area contributed by atoms with E-state index in [9.17, 15) is 4.79 Å². The molecule has 0 unspecified atom stereocenters. The van der Waals surface area contributed by atoms with E-state index in [2.05, 4.69) is 13.8 Å². The van der Waals surface area contributed by atoms with Gasteiger partial charge in [-0.05, 0) is 12.8 Å². The van der Waals surface area contributed by atoms with Crippen molar-refractivity contribution >= 4 is 5.97 Å². The van der Waals surface area contributed by atoms with Crippen LogP contribution in [0.1, 0.15) is 155 Å². The minimum Gasteiger partial charge on any atom is -0.463 e. The minimum absolute atomic E-state index is 0.0855. The van der Waals surface area contributed by atoms with Gasteiger partial charge in [-0.2, -0.15) is 0 Å². The first-order valence-corrected chi connectivity index (χ1v) is 15.1. The molecule has 0 aliphatic carbocycles. The van der Waals surface area contributed by atoms with Gasteiger partial charge in [0.1, 0.15) is 6.61 Å². The Hall–Kier alpha value is -0.610. The van der Waals surface area contributed by atoms with Crippen molar-refractivity contribution in [3.63, 3.8) is 0 Å². The highest BCUT2D eigenvalue weighted by molar-refractivity contribution is 5.69. The third-order valence-corrected chi connectivity index (χ3v) is 6.49. The summed E-state index contributed by atoms with van der Waals surface area (Å²) < 4.78 is 16.3. The molecule has 0 aromatic rings. The Morgan fingerprint density at radius 3 is 1.24 bits per heavy atom. The molecular weight excluding hydrogens is 424 g/mol. The van der Waals surface area contributed by atoms with Crippen LogP contribution < -0.4 is 0 Å². The van der Waals surface area contributed by atoms with Gasteiger partial charge in [0.15, 0.2) is 0 Å². The van der Waals surface area contributed by atoms with Crippen molar-refractivity contribution < 1.29 is 19.0 Å². The van der Waals surface area contributed by atoms with Gasteiger partial charge < -0.3 is 14.2 Å². The number of carbonyl (C=O) groups excluding carboxylic acids is 1. The zero-order valence-electron chi connectivity index (χ0n) is 23.2. The molecule has 0 aliphatic heterocycles. The summed E-state index contributed by atoms with van der Waals surface area (Å²) in [5.41, 5.74) is 0. The number of hydrogen-bond donors (Lipinski definition) is 0. The first-order chi connectivity index (χ1) is 16.8. The summed E-state index contributed by atoms with van der Waals surface area (Å²) in [6.45, 7) is 7.38. The lowest BCUT2D eigenvalue weighted by molar-refractivity contribution is -0.145. The van der Waals surface area contributed by atoms with Gasteiger partial charge in [-0.25, -0.2) is 0 Å². The summed E-state index contributed by atoms with van der Waals surface area (Å²) in [5, 5.41) is 0. The Balaban J connectivity index is 3.14. The molecule has 0 fully saturated rings. The third kappa shape index (κ3) is 29.4. The largest absolute Gasteiger partial charge is 0.463 e. The van der Waals surface area contributed by atoms with E-state index in [1.54, 1.807) is 0 Å².